The maximum Gasteiger partial charge on any atom is 0.314 e. The number of rotatable bonds is 23. The van der Waals surface area contributed by atoms with E-state index in [0.717, 1.165) is 48.4 Å². The van der Waals surface area contributed by atoms with Crippen LogP contribution in [0.1, 0.15) is 186 Å². The second kappa shape index (κ2) is 23.2. The summed E-state index contributed by atoms with van der Waals surface area (Å²) in [5, 5.41) is 0. The third-order valence-corrected chi connectivity index (χ3v) is 11.7. The summed E-state index contributed by atoms with van der Waals surface area (Å²) in [6.45, 7) is 4.58. The zero-order chi connectivity index (χ0) is 33.7. The third-order valence-electron chi connectivity index (χ3n) is 11.7. The summed E-state index contributed by atoms with van der Waals surface area (Å²) in [5.74, 6) is 4.02. The van der Waals surface area contributed by atoms with Gasteiger partial charge in [-0.2, -0.15) is 0 Å². The number of nitrogens with zero attached hydrogens (tertiary/aromatic N) is 2. The van der Waals surface area contributed by atoms with Crippen LogP contribution in [0.3, 0.4) is 0 Å². The molecule has 0 saturated heterocycles. The quantitative estimate of drug-likeness (QED) is 0.0677. The fourth-order valence-electron chi connectivity index (χ4n) is 8.49. The van der Waals surface area contributed by atoms with Gasteiger partial charge in [0.05, 0.1) is 5.92 Å². The first-order valence-corrected chi connectivity index (χ1v) is 20.8. The van der Waals surface area contributed by atoms with Gasteiger partial charge >= 0.3 is 5.97 Å². The van der Waals surface area contributed by atoms with E-state index in [2.05, 4.69) is 23.8 Å². The fourth-order valence-corrected chi connectivity index (χ4v) is 8.49. The van der Waals surface area contributed by atoms with Crippen molar-refractivity contribution in [2.24, 2.45) is 23.7 Å². The molecule has 2 aliphatic carbocycles. The van der Waals surface area contributed by atoms with Crippen LogP contribution in [0.5, 0.6) is 5.75 Å². The van der Waals surface area contributed by atoms with E-state index >= 15 is 0 Å². The van der Waals surface area contributed by atoms with Gasteiger partial charge in [0, 0.05) is 18.0 Å². The first-order chi connectivity index (χ1) is 23.7. The van der Waals surface area contributed by atoms with Crippen LogP contribution in [0, 0.1) is 23.7 Å². The zero-order valence-corrected chi connectivity index (χ0v) is 31.1. The Morgan fingerprint density at radius 3 is 1.62 bits per heavy atom. The molecule has 2 saturated carbocycles. The van der Waals surface area contributed by atoms with Gasteiger partial charge in [0.15, 0.2) is 5.82 Å². The lowest BCUT2D eigenvalue weighted by Gasteiger charge is -2.37. The number of aryl methyl sites for hydroxylation is 1. The molecule has 4 heteroatoms. The highest BCUT2D eigenvalue weighted by molar-refractivity contribution is 5.75. The van der Waals surface area contributed by atoms with Crippen LogP contribution in [0.4, 0.5) is 0 Å². The first kappa shape index (κ1) is 38.6. The molecule has 0 atom stereocenters. The van der Waals surface area contributed by atoms with Gasteiger partial charge in [-0.3, -0.25) is 4.79 Å². The lowest BCUT2D eigenvalue weighted by molar-refractivity contribution is -0.140. The largest absolute Gasteiger partial charge is 0.426 e. The number of carbonyl (C=O) groups is 1. The molecule has 2 fully saturated rings. The third kappa shape index (κ3) is 14.3. The molecule has 0 amide bonds. The van der Waals surface area contributed by atoms with Crippen molar-refractivity contribution in [2.75, 3.05) is 0 Å². The maximum absolute atomic E-state index is 13.0. The molecule has 4 rings (SSSR count). The van der Waals surface area contributed by atoms with Gasteiger partial charge in [-0.05, 0) is 98.9 Å². The van der Waals surface area contributed by atoms with Crippen LogP contribution in [0.25, 0.3) is 11.4 Å². The topological polar surface area (TPSA) is 52.1 Å². The summed E-state index contributed by atoms with van der Waals surface area (Å²) in [6.07, 6.45) is 40.0. The van der Waals surface area contributed by atoms with Gasteiger partial charge in [0.2, 0.25) is 0 Å². The van der Waals surface area contributed by atoms with Crippen LogP contribution in [0.2, 0.25) is 0 Å². The highest BCUT2D eigenvalue weighted by Gasteiger charge is 2.33. The van der Waals surface area contributed by atoms with Crippen molar-refractivity contribution in [1.82, 2.24) is 9.97 Å². The van der Waals surface area contributed by atoms with E-state index in [9.17, 15) is 4.79 Å². The number of carbonyl (C=O) groups excluding carboxylic acids is 1. The van der Waals surface area contributed by atoms with E-state index in [0.29, 0.717) is 5.75 Å². The van der Waals surface area contributed by atoms with E-state index < -0.39 is 0 Å². The molecule has 2 aliphatic rings. The van der Waals surface area contributed by atoms with Crippen LogP contribution < -0.4 is 4.74 Å². The average molecular weight is 659 g/mol. The first-order valence-electron chi connectivity index (χ1n) is 20.8. The Kier molecular flexibility index (Phi) is 18.7. The fraction of sp³-hybridized carbons (Fsp3) is 0.750. The predicted octanol–water partition coefficient (Wildman–Crippen LogP) is 13.3. The SMILES string of the molecule is CCCCCCCCCCCCc1cnc(-c2ccc(OC(=O)C3CCC(C4CCC(CCCCCCCCC)CC4)CC3)cc2)nc1. The molecule has 4 nitrogen and oxygen atoms in total. The molecule has 1 aromatic heterocycles. The standard InChI is InChI=1S/C44H70N2O2/c1-3-5-7-9-11-12-13-15-17-19-21-37-34-45-43(46-35-37)40-30-32-42(33-31-40)48-44(47)41-28-26-39(27-29-41)38-24-22-36(23-25-38)20-18-16-14-10-8-6-4-2/h30-36,38-39,41H,3-29H2,1-2H3. The number of benzene rings is 1. The van der Waals surface area contributed by atoms with Crippen molar-refractivity contribution in [3.63, 3.8) is 0 Å². The molecule has 0 unspecified atom stereocenters. The van der Waals surface area contributed by atoms with E-state index in [-0.39, 0.29) is 11.9 Å². The van der Waals surface area contributed by atoms with Gasteiger partial charge in [0.25, 0.3) is 0 Å². The van der Waals surface area contributed by atoms with Crippen molar-refractivity contribution < 1.29 is 9.53 Å². The van der Waals surface area contributed by atoms with Crippen molar-refractivity contribution in [1.29, 1.82) is 0 Å². The Balaban J connectivity index is 1.07. The van der Waals surface area contributed by atoms with Gasteiger partial charge in [-0.1, -0.05) is 136 Å². The van der Waals surface area contributed by atoms with Crippen LogP contribution in [-0.4, -0.2) is 15.9 Å². The number of aromatic nitrogens is 2. The van der Waals surface area contributed by atoms with Gasteiger partial charge in [0.1, 0.15) is 5.75 Å². The minimum atomic E-state index is -0.0489. The molecule has 2 aromatic rings. The van der Waals surface area contributed by atoms with Crippen molar-refractivity contribution >= 4 is 5.97 Å². The Morgan fingerprint density at radius 1 is 0.604 bits per heavy atom. The molecular formula is C44H70N2O2. The number of hydrogen-bond donors (Lipinski definition) is 0. The second-order valence-electron chi connectivity index (χ2n) is 15.6. The number of hydrogen-bond acceptors (Lipinski definition) is 4. The monoisotopic (exact) mass is 659 g/mol. The highest BCUT2D eigenvalue weighted by Crippen LogP contribution is 2.42. The molecule has 268 valence electrons. The molecule has 0 radical (unpaired) electrons. The molecule has 0 aliphatic heterocycles. The number of unbranched alkanes of at least 4 members (excludes halogenated alkanes) is 15. The summed E-state index contributed by atoms with van der Waals surface area (Å²) < 4.78 is 5.85. The summed E-state index contributed by atoms with van der Waals surface area (Å²) in [7, 11) is 0. The Hall–Kier alpha value is -2.23. The van der Waals surface area contributed by atoms with Crippen molar-refractivity contribution in [2.45, 2.75) is 187 Å². The summed E-state index contributed by atoms with van der Waals surface area (Å²) in [5.41, 5.74) is 2.17. The molecule has 48 heavy (non-hydrogen) atoms. The summed E-state index contributed by atoms with van der Waals surface area (Å²) in [4.78, 5) is 22.3. The maximum atomic E-state index is 13.0. The Bertz CT molecular complexity index is 1100. The van der Waals surface area contributed by atoms with Gasteiger partial charge in [-0.15, -0.1) is 0 Å². The van der Waals surface area contributed by atoms with Crippen LogP contribution in [0.15, 0.2) is 36.7 Å². The van der Waals surface area contributed by atoms with E-state index in [1.54, 1.807) is 0 Å². The minimum Gasteiger partial charge on any atom is -0.426 e. The van der Waals surface area contributed by atoms with Crippen molar-refractivity contribution in [3.8, 4) is 17.1 Å². The number of ether oxygens (including phenoxy) is 1. The summed E-state index contributed by atoms with van der Waals surface area (Å²) in [6, 6.07) is 7.73. The molecular weight excluding hydrogens is 588 g/mol. The normalized spacial score (nSPS) is 21.3. The van der Waals surface area contributed by atoms with E-state index in [1.807, 2.05) is 36.7 Å². The molecule has 0 spiro atoms. The van der Waals surface area contributed by atoms with E-state index in [4.69, 9.17) is 4.74 Å². The smallest absolute Gasteiger partial charge is 0.314 e. The molecule has 1 aromatic carbocycles. The van der Waals surface area contributed by atoms with Gasteiger partial charge < -0.3 is 4.74 Å². The average Bonchev–Trinajstić information content (AvgIpc) is 3.13. The molecule has 0 N–H and O–H groups in total. The van der Waals surface area contributed by atoms with Crippen LogP contribution >= 0.6 is 0 Å². The lowest BCUT2D eigenvalue weighted by Crippen LogP contribution is -2.30. The molecule has 0 bridgehead atoms. The molecule has 1 heterocycles. The summed E-state index contributed by atoms with van der Waals surface area (Å²) >= 11 is 0. The lowest BCUT2D eigenvalue weighted by atomic mass is 9.68. The predicted molar refractivity (Wildman–Crippen MR) is 202 cm³/mol. The van der Waals surface area contributed by atoms with E-state index in [1.165, 1.54) is 160 Å². The van der Waals surface area contributed by atoms with Crippen LogP contribution in [-0.2, 0) is 11.2 Å². The minimum absolute atomic E-state index is 0.0426. The Labute approximate surface area is 295 Å². The van der Waals surface area contributed by atoms with Gasteiger partial charge in [-0.25, -0.2) is 9.97 Å². The zero-order valence-electron chi connectivity index (χ0n) is 31.1. The second-order valence-corrected chi connectivity index (χ2v) is 15.6. The Morgan fingerprint density at radius 2 is 1.08 bits per heavy atom. The number of esters is 1. The highest BCUT2D eigenvalue weighted by atomic mass is 16.5. The van der Waals surface area contributed by atoms with Crippen molar-refractivity contribution in [3.05, 3.63) is 42.2 Å².